The lowest BCUT2D eigenvalue weighted by atomic mass is 9.99. The first-order valence-corrected chi connectivity index (χ1v) is 6.68. The van der Waals surface area contributed by atoms with E-state index in [1.54, 1.807) is 30.3 Å². The molecule has 2 rings (SSSR count). The van der Waals surface area contributed by atoms with E-state index in [2.05, 4.69) is 0 Å². The molecule has 2 aromatic carbocycles. The van der Waals surface area contributed by atoms with Crippen molar-refractivity contribution in [3.8, 4) is 22.6 Å². The Labute approximate surface area is 132 Å². The van der Waals surface area contributed by atoms with E-state index in [9.17, 15) is 14.9 Å². The minimum Gasteiger partial charge on any atom is -0.493 e. The van der Waals surface area contributed by atoms with Crippen LogP contribution in [0.5, 0.6) is 11.5 Å². The van der Waals surface area contributed by atoms with Crippen molar-refractivity contribution < 1.29 is 24.3 Å². The molecule has 0 radical (unpaired) electrons. The summed E-state index contributed by atoms with van der Waals surface area (Å²) in [5.41, 5.74) is 1.18. The number of nitro benzene ring substituents is 1. The van der Waals surface area contributed by atoms with Gasteiger partial charge >= 0.3 is 5.97 Å². The molecule has 7 heteroatoms. The summed E-state index contributed by atoms with van der Waals surface area (Å²) in [5.74, 6) is -0.415. The first-order chi connectivity index (χ1) is 11.0. The van der Waals surface area contributed by atoms with Gasteiger partial charge in [-0.15, -0.1) is 0 Å². The van der Waals surface area contributed by atoms with E-state index in [0.717, 1.165) is 0 Å². The van der Waals surface area contributed by atoms with Crippen LogP contribution in [0.15, 0.2) is 36.4 Å². The lowest BCUT2D eigenvalue weighted by molar-refractivity contribution is -0.384. The van der Waals surface area contributed by atoms with E-state index in [1.807, 2.05) is 0 Å². The number of ether oxygens (including phenoxy) is 2. The average Bonchev–Trinajstić information content (AvgIpc) is 2.53. The van der Waals surface area contributed by atoms with Crippen LogP contribution >= 0.6 is 0 Å². The van der Waals surface area contributed by atoms with E-state index < -0.39 is 10.9 Å². The summed E-state index contributed by atoms with van der Waals surface area (Å²) in [6.07, 6.45) is -0.284. The summed E-state index contributed by atoms with van der Waals surface area (Å²) in [5, 5.41) is 20.2. The molecule has 120 valence electrons. The molecule has 0 amide bonds. The molecule has 0 saturated heterocycles. The second-order valence-electron chi connectivity index (χ2n) is 4.72. The van der Waals surface area contributed by atoms with Crippen LogP contribution < -0.4 is 9.47 Å². The van der Waals surface area contributed by atoms with Crippen LogP contribution in [-0.2, 0) is 11.2 Å². The number of rotatable bonds is 6. The maximum absolute atomic E-state index is 11.2. The van der Waals surface area contributed by atoms with Gasteiger partial charge in [-0.1, -0.05) is 12.1 Å². The SMILES string of the molecule is COc1cc(-c2ccccc2[N+](=O)[O-])cc(CC(=O)O)c1OC. The fraction of sp³-hybridized carbons (Fsp3) is 0.188. The second-order valence-corrected chi connectivity index (χ2v) is 4.72. The van der Waals surface area contributed by atoms with Gasteiger partial charge in [-0.2, -0.15) is 0 Å². The van der Waals surface area contributed by atoms with Gasteiger partial charge in [-0.3, -0.25) is 14.9 Å². The third kappa shape index (κ3) is 3.39. The Balaban J connectivity index is 2.69. The van der Waals surface area contributed by atoms with Crippen LogP contribution in [0, 0.1) is 10.1 Å². The van der Waals surface area contributed by atoms with Gasteiger partial charge in [0, 0.05) is 11.6 Å². The number of carboxylic acid groups (broad SMARTS) is 1. The van der Waals surface area contributed by atoms with Crippen molar-refractivity contribution in [2.45, 2.75) is 6.42 Å². The van der Waals surface area contributed by atoms with Gasteiger partial charge in [-0.05, 0) is 23.8 Å². The quantitative estimate of drug-likeness (QED) is 0.649. The van der Waals surface area contributed by atoms with Crippen molar-refractivity contribution in [1.82, 2.24) is 0 Å². The number of hydrogen-bond acceptors (Lipinski definition) is 5. The third-order valence-electron chi connectivity index (χ3n) is 3.31. The summed E-state index contributed by atoms with van der Waals surface area (Å²) in [4.78, 5) is 21.8. The molecule has 0 aromatic heterocycles. The van der Waals surface area contributed by atoms with Crippen molar-refractivity contribution in [2.75, 3.05) is 14.2 Å². The Bertz CT molecular complexity index is 756. The topological polar surface area (TPSA) is 98.9 Å². The second kappa shape index (κ2) is 6.78. The van der Waals surface area contributed by atoms with Gasteiger partial charge in [0.1, 0.15) is 0 Å². The van der Waals surface area contributed by atoms with Crippen molar-refractivity contribution in [3.05, 3.63) is 52.1 Å². The molecule has 0 fully saturated rings. The normalized spacial score (nSPS) is 10.2. The smallest absolute Gasteiger partial charge is 0.307 e. The minimum absolute atomic E-state index is 0.0685. The number of carboxylic acids is 1. The summed E-state index contributed by atoms with van der Waals surface area (Å²) < 4.78 is 10.4. The van der Waals surface area contributed by atoms with Crippen LogP contribution in [0.2, 0.25) is 0 Å². The number of nitro groups is 1. The van der Waals surface area contributed by atoms with E-state index in [-0.39, 0.29) is 12.1 Å². The highest BCUT2D eigenvalue weighted by molar-refractivity contribution is 5.79. The van der Waals surface area contributed by atoms with Gasteiger partial charge in [-0.25, -0.2) is 0 Å². The van der Waals surface area contributed by atoms with Crippen LogP contribution in [0.3, 0.4) is 0 Å². The predicted molar refractivity (Wildman–Crippen MR) is 83.0 cm³/mol. The molecule has 2 aromatic rings. The zero-order chi connectivity index (χ0) is 17.0. The highest BCUT2D eigenvalue weighted by atomic mass is 16.6. The van der Waals surface area contributed by atoms with Crippen LogP contribution in [0.4, 0.5) is 5.69 Å². The lowest BCUT2D eigenvalue weighted by Crippen LogP contribution is -2.04. The summed E-state index contributed by atoms with van der Waals surface area (Å²) in [7, 11) is 2.83. The molecule has 0 spiro atoms. The van der Waals surface area contributed by atoms with Crippen LogP contribution in [-0.4, -0.2) is 30.2 Å². The summed E-state index contributed by atoms with van der Waals surface area (Å²) >= 11 is 0. The molecule has 0 aliphatic heterocycles. The largest absolute Gasteiger partial charge is 0.493 e. The van der Waals surface area contributed by atoms with Crippen molar-refractivity contribution in [3.63, 3.8) is 0 Å². The van der Waals surface area contributed by atoms with Crippen molar-refractivity contribution in [2.24, 2.45) is 0 Å². The number of benzene rings is 2. The van der Waals surface area contributed by atoms with Gasteiger partial charge < -0.3 is 14.6 Å². The Kier molecular flexibility index (Phi) is 4.80. The lowest BCUT2D eigenvalue weighted by Gasteiger charge is -2.14. The zero-order valence-electron chi connectivity index (χ0n) is 12.6. The third-order valence-corrected chi connectivity index (χ3v) is 3.31. The Hall–Kier alpha value is -3.09. The summed E-state index contributed by atoms with van der Waals surface area (Å²) in [6, 6.07) is 9.40. The highest BCUT2D eigenvalue weighted by Gasteiger charge is 2.20. The first kappa shape index (κ1) is 16.3. The number of aliphatic carboxylic acids is 1. The van der Waals surface area contributed by atoms with E-state index in [0.29, 0.717) is 28.2 Å². The molecule has 0 unspecified atom stereocenters. The molecule has 7 nitrogen and oxygen atoms in total. The molecule has 0 atom stereocenters. The Morgan fingerprint density at radius 2 is 1.91 bits per heavy atom. The fourth-order valence-corrected chi connectivity index (χ4v) is 2.37. The maximum atomic E-state index is 11.2. The number of carbonyl (C=O) groups is 1. The van der Waals surface area contributed by atoms with E-state index in [4.69, 9.17) is 14.6 Å². The summed E-state index contributed by atoms with van der Waals surface area (Å²) in [6.45, 7) is 0. The number of methoxy groups -OCH3 is 2. The minimum atomic E-state index is -1.04. The van der Waals surface area contributed by atoms with E-state index in [1.165, 1.54) is 20.3 Å². The average molecular weight is 317 g/mol. The number of hydrogen-bond donors (Lipinski definition) is 1. The number of nitrogens with zero attached hydrogens (tertiary/aromatic N) is 1. The molecule has 0 aliphatic rings. The fourth-order valence-electron chi connectivity index (χ4n) is 2.37. The van der Waals surface area contributed by atoms with Gasteiger partial charge in [0.15, 0.2) is 11.5 Å². The molecule has 0 saturated carbocycles. The number of para-hydroxylation sites is 1. The molecular weight excluding hydrogens is 302 g/mol. The van der Waals surface area contributed by atoms with Crippen molar-refractivity contribution >= 4 is 11.7 Å². The van der Waals surface area contributed by atoms with Crippen LogP contribution in [0.25, 0.3) is 11.1 Å². The molecule has 1 N–H and O–H groups in total. The highest BCUT2D eigenvalue weighted by Crippen LogP contribution is 2.39. The Morgan fingerprint density at radius 1 is 1.22 bits per heavy atom. The zero-order valence-corrected chi connectivity index (χ0v) is 12.6. The van der Waals surface area contributed by atoms with E-state index >= 15 is 0 Å². The molecular formula is C16H15NO6. The predicted octanol–water partition coefficient (Wildman–Crippen LogP) is 2.91. The molecule has 0 heterocycles. The van der Waals surface area contributed by atoms with Gasteiger partial charge in [0.25, 0.3) is 5.69 Å². The van der Waals surface area contributed by atoms with Gasteiger partial charge in [0.2, 0.25) is 0 Å². The first-order valence-electron chi connectivity index (χ1n) is 6.68. The van der Waals surface area contributed by atoms with Crippen molar-refractivity contribution in [1.29, 1.82) is 0 Å². The monoisotopic (exact) mass is 317 g/mol. The standard InChI is InChI=1S/C16H15NO6/c1-22-14-8-10(7-11(9-15(18)19)16(14)23-2)12-5-3-4-6-13(12)17(20)21/h3-8H,9H2,1-2H3,(H,18,19). The molecule has 23 heavy (non-hydrogen) atoms. The van der Waals surface area contributed by atoms with Gasteiger partial charge in [0.05, 0.1) is 31.1 Å². The maximum Gasteiger partial charge on any atom is 0.307 e. The Morgan fingerprint density at radius 3 is 2.48 bits per heavy atom. The van der Waals surface area contributed by atoms with Crippen LogP contribution in [0.1, 0.15) is 5.56 Å². The molecule has 0 bridgehead atoms. The molecule has 0 aliphatic carbocycles.